The summed E-state index contributed by atoms with van der Waals surface area (Å²) in [5.41, 5.74) is 6.83. The fourth-order valence-corrected chi connectivity index (χ4v) is 1.80. The van der Waals surface area contributed by atoms with Crippen molar-refractivity contribution >= 4 is 34.8 Å². The first-order chi connectivity index (χ1) is 6.06. The van der Waals surface area contributed by atoms with Crippen molar-refractivity contribution in [2.45, 2.75) is 6.92 Å². The van der Waals surface area contributed by atoms with Crippen molar-refractivity contribution in [3.63, 3.8) is 0 Å². The van der Waals surface area contributed by atoms with Crippen LogP contribution < -0.4 is 5.73 Å². The Bertz CT molecular complexity index is 374. The van der Waals surface area contributed by atoms with Gasteiger partial charge >= 0.3 is 0 Å². The molecule has 1 aromatic carbocycles. The van der Waals surface area contributed by atoms with Gasteiger partial charge in [0.2, 0.25) is 5.91 Å². The number of hydrogen-bond acceptors (Lipinski definition) is 2. The second-order valence-corrected chi connectivity index (χ2v) is 3.83. The van der Waals surface area contributed by atoms with Crippen LogP contribution in [0.25, 0.3) is 0 Å². The van der Waals surface area contributed by atoms with Gasteiger partial charge in [0, 0.05) is 14.7 Å². The van der Waals surface area contributed by atoms with E-state index in [1.807, 2.05) is 22.6 Å². The van der Waals surface area contributed by atoms with E-state index >= 15 is 0 Å². The third-order valence-electron chi connectivity index (χ3n) is 1.74. The van der Waals surface area contributed by atoms with E-state index < -0.39 is 5.91 Å². The summed E-state index contributed by atoms with van der Waals surface area (Å²) in [4.78, 5) is 21.5. The van der Waals surface area contributed by atoms with Crippen molar-refractivity contribution in [1.82, 2.24) is 0 Å². The second kappa shape index (κ2) is 3.87. The average Bonchev–Trinajstić information content (AvgIpc) is 2.03. The summed E-state index contributed by atoms with van der Waals surface area (Å²) in [5.74, 6) is -0.503. The number of amides is 1. The maximum absolute atomic E-state index is 10.9. The summed E-state index contributed by atoms with van der Waals surface area (Å²) in [6, 6.07) is 3.29. The Hall–Kier alpha value is -0.910. The smallest absolute Gasteiger partial charge is 0.248 e. The summed E-state index contributed by atoms with van der Waals surface area (Å²) in [7, 11) is 0. The van der Waals surface area contributed by atoms with E-state index in [1.54, 1.807) is 13.0 Å². The molecule has 0 aromatic heterocycles. The molecule has 1 aromatic rings. The van der Waals surface area contributed by atoms with Gasteiger partial charge < -0.3 is 5.73 Å². The molecule has 0 saturated carbocycles. The minimum atomic E-state index is -0.503. The standard InChI is InChI=1S/C9H8INO2/c1-5-2-8(10)6(4-12)3-7(5)9(11)13/h2-4H,1H3,(H2,11,13). The number of primary amides is 1. The number of benzene rings is 1. The maximum atomic E-state index is 10.9. The fourth-order valence-electron chi connectivity index (χ4n) is 1.05. The molecule has 0 fully saturated rings. The first kappa shape index (κ1) is 10.2. The molecule has 68 valence electrons. The van der Waals surface area contributed by atoms with Gasteiger partial charge in [0.1, 0.15) is 0 Å². The van der Waals surface area contributed by atoms with E-state index in [2.05, 4.69) is 0 Å². The lowest BCUT2D eigenvalue weighted by Crippen LogP contribution is -2.13. The predicted octanol–water partition coefficient (Wildman–Crippen LogP) is 1.51. The Labute approximate surface area is 89.5 Å². The van der Waals surface area contributed by atoms with E-state index in [0.29, 0.717) is 17.4 Å². The lowest BCUT2D eigenvalue weighted by atomic mass is 10.1. The van der Waals surface area contributed by atoms with E-state index in [1.165, 1.54) is 6.07 Å². The fraction of sp³-hybridized carbons (Fsp3) is 0.111. The Morgan fingerprint density at radius 1 is 1.54 bits per heavy atom. The minimum absolute atomic E-state index is 0.405. The van der Waals surface area contributed by atoms with Gasteiger partial charge in [0.15, 0.2) is 6.29 Å². The molecule has 1 amide bonds. The van der Waals surface area contributed by atoms with E-state index in [9.17, 15) is 9.59 Å². The summed E-state index contributed by atoms with van der Waals surface area (Å²) in [5, 5.41) is 0. The quantitative estimate of drug-likeness (QED) is 0.662. The van der Waals surface area contributed by atoms with Crippen molar-refractivity contribution in [3.8, 4) is 0 Å². The van der Waals surface area contributed by atoms with Crippen molar-refractivity contribution in [1.29, 1.82) is 0 Å². The van der Waals surface area contributed by atoms with Gasteiger partial charge in [-0.25, -0.2) is 0 Å². The first-order valence-corrected chi connectivity index (χ1v) is 4.69. The lowest BCUT2D eigenvalue weighted by Gasteiger charge is -2.04. The SMILES string of the molecule is Cc1cc(I)c(C=O)cc1C(N)=O. The minimum Gasteiger partial charge on any atom is -0.366 e. The molecular formula is C9H8INO2. The van der Waals surface area contributed by atoms with Gasteiger partial charge in [-0.05, 0) is 47.2 Å². The predicted molar refractivity (Wildman–Crippen MR) is 57.8 cm³/mol. The number of rotatable bonds is 2. The maximum Gasteiger partial charge on any atom is 0.248 e. The van der Waals surface area contributed by atoms with Gasteiger partial charge in [0.05, 0.1) is 0 Å². The molecule has 0 aliphatic carbocycles. The number of hydrogen-bond donors (Lipinski definition) is 1. The Kier molecular flexibility index (Phi) is 3.02. The molecule has 2 N–H and O–H groups in total. The topological polar surface area (TPSA) is 60.2 Å². The van der Waals surface area contributed by atoms with Crippen LogP contribution in [-0.4, -0.2) is 12.2 Å². The molecule has 13 heavy (non-hydrogen) atoms. The van der Waals surface area contributed by atoms with Crippen LogP contribution in [0.1, 0.15) is 26.3 Å². The lowest BCUT2D eigenvalue weighted by molar-refractivity contribution is 0.0999. The van der Waals surface area contributed by atoms with E-state index in [4.69, 9.17) is 5.73 Å². The number of halogens is 1. The number of aldehydes is 1. The van der Waals surface area contributed by atoms with Gasteiger partial charge in [-0.3, -0.25) is 9.59 Å². The highest BCUT2D eigenvalue weighted by molar-refractivity contribution is 14.1. The molecule has 0 saturated heterocycles. The molecule has 1 rings (SSSR count). The number of nitrogens with two attached hydrogens (primary N) is 1. The second-order valence-electron chi connectivity index (χ2n) is 2.67. The van der Waals surface area contributed by atoms with Gasteiger partial charge in [-0.1, -0.05) is 0 Å². The zero-order valence-corrected chi connectivity index (χ0v) is 9.16. The molecular weight excluding hydrogens is 281 g/mol. The van der Waals surface area contributed by atoms with E-state index in [0.717, 1.165) is 9.13 Å². The Balaban J connectivity index is 3.38. The summed E-state index contributed by atoms with van der Waals surface area (Å²) < 4.78 is 0.829. The van der Waals surface area contributed by atoms with Crippen LogP contribution in [0, 0.1) is 10.5 Å². The van der Waals surface area contributed by atoms with Gasteiger partial charge in [-0.15, -0.1) is 0 Å². The van der Waals surface area contributed by atoms with Crippen LogP contribution in [0.5, 0.6) is 0 Å². The Morgan fingerprint density at radius 2 is 2.15 bits per heavy atom. The molecule has 0 radical (unpaired) electrons. The number of carbonyl (C=O) groups is 2. The zero-order valence-electron chi connectivity index (χ0n) is 7.00. The van der Waals surface area contributed by atoms with Crippen molar-refractivity contribution in [3.05, 3.63) is 32.4 Å². The van der Waals surface area contributed by atoms with Crippen molar-refractivity contribution < 1.29 is 9.59 Å². The van der Waals surface area contributed by atoms with Crippen molar-refractivity contribution in [2.75, 3.05) is 0 Å². The third kappa shape index (κ3) is 2.06. The Morgan fingerprint density at radius 3 is 2.62 bits per heavy atom. The highest BCUT2D eigenvalue weighted by Gasteiger charge is 2.08. The van der Waals surface area contributed by atoms with Crippen LogP contribution in [-0.2, 0) is 0 Å². The molecule has 0 aliphatic rings. The molecule has 0 spiro atoms. The number of carbonyl (C=O) groups excluding carboxylic acids is 2. The largest absolute Gasteiger partial charge is 0.366 e. The van der Waals surface area contributed by atoms with Crippen LogP contribution in [0.3, 0.4) is 0 Å². The number of aryl methyl sites for hydroxylation is 1. The normalized spacial score (nSPS) is 9.69. The molecule has 0 bridgehead atoms. The summed E-state index contributed by atoms with van der Waals surface area (Å²) in [6.45, 7) is 1.79. The zero-order chi connectivity index (χ0) is 10.0. The molecule has 4 heteroatoms. The van der Waals surface area contributed by atoms with Crippen LogP contribution in [0.2, 0.25) is 0 Å². The van der Waals surface area contributed by atoms with Gasteiger partial charge in [-0.2, -0.15) is 0 Å². The molecule has 0 heterocycles. The van der Waals surface area contributed by atoms with Crippen molar-refractivity contribution in [2.24, 2.45) is 5.73 Å². The monoisotopic (exact) mass is 289 g/mol. The molecule has 3 nitrogen and oxygen atoms in total. The van der Waals surface area contributed by atoms with Crippen LogP contribution in [0.15, 0.2) is 12.1 Å². The van der Waals surface area contributed by atoms with Crippen LogP contribution in [0.4, 0.5) is 0 Å². The highest BCUT2D eigenvalue weighted by Crippen LogP contribution is 2.16. The third-order valence-corrected chi connectivity index (χ3v) is 2.67. The summed E-state index contributed by atoms with van der Waals surface area (Å²) in [6.07, 6.45) is 0.716. The van der Waals surface area contributed by atoms with Gasteiger partial charge in [0.25, 0.3) is 0 Å². The first-order valence-electron chi connectivity index (χ1n) is 3.61. The molecule has 0 atom stereocenters. The molecule has 0 aliphatic heterocycles. The molecule has 0 unspecified atom stereocenters. The van der Waals surface area contributed by atoms with Crippen LogP contribution >= 0.6 is 22.6 Å². The summed E-state index contributed by atoms with van der Waals surface area (Å²) >= 11 is 2.04. The van der Waals surface area contributed by atoms with E-state index in [-0.39, 0.29) is 0 Å². The average molecular weight is 289 g/mol. The highest BCUT2D eigenvalue weighted by atomic mass is 127.